The highest BCUT2D eigenvalue weighted by Crippen LogP contribution is 2.37. The molecule has 0 aromatic carbocycles. The van der Waals surface area contributed by atoms with Crippen molar-refractivity contribution in [2.45, 2.75) is 31.1 Å². The van der Waals surface area contributed by atoms with Gasteiger partial charge < -0.3 is 4.42 Å². The molecule has 1 aliphatic heterocycles. The predicted molar refractivity (Wildman–Crippen MR) is 52.3 cm³/mol. The van der Waals surface area contributed by atoms with E-state index in [1.165, 1.54) is 6.42 Å². The molecule has 0 bridgehead atoms. The molecule has 0 unspecified atom stereocenters. The molecule has 3 rings (SSSR count). The molecule has 6 heteroatoms. The highest BCUT2D eigenvalue weighted by atomic mass is 32.2. The lowest BCUT2D eigenvalue weighted by atomic mass is 9.85. The lowest BCUT2D eigenvalue weighted by Gasteiger charge is -2.23. The van der Waals surface area contributed by atoms with Crippen molar-refractivity contribution in [3.8, 4) is 0 Å². The maximum atomic E-state index is 11.0. The van der Waals surface area contributed by atoms with E-state index < -0.39 is 9.84 Å². The van der Waals surface area contributed by atoms with Crippen LogP contribution in [-0.2, 0) is 9.84 Å². The van der Waals surface area contributed by atoms with Crippen LogP contribution in [0.5, 0.6) is 0 Å². The minimum Gasteiger partial charge on any atom is -0.425 e. The molecule has 0 amide bonds. The Morgan fingerprint density at radius 3 is 2.13 bits per heavy atom. The molecule has 0 spiro atoms. The van der Waals surface area contributed by atoms with E-state index in [2.05, 4.69) is 10.2 Å². The van der Waals surface area contributed by atoms with E-state index in [1.54, 1.807) is 0 Å². The van der Waals surface area contributed by atoms with Gasteiger partial charge in [0.1, 0.15) is 0 Å². The molecule has 2 fully saturated rings. The number of hydrogen-bond acceptors (Lipinski definition) is 5. The van der Waals surface area contributed by atoms with E-state index in [0.717, 1.165) is 12.8 Å². The Morgan fingerprint density at radius 1 is 1.07 bits per heavy atom. The lowest BCUT2D eigenvalue weighted by Crippen LogP contribution is -2.34. The fourth-order valence-corrected chi connectivity index (χ4v) is 3.35. The number of hydrogen-bond donors (Lipinski definition) is 0. The summed E-state index contributed by atoms with van der Waals surface area (Å²) in [6, 6.07) is 0. The smallest absolute Gasteiger partial charge is 0.221 e. The zero-order valence-electron chi connectivity index (χ0n) is 8.22. The van der Waals surface area contributed by atoms with Crippen molar-refractivity contribution < 1.29 is 12.8 Å². The Morgan fingerprint density at radius 2 is 1.67 bits per heavy atom. The standard InChI is InChI=1S/C9H12N2O3S/c12-15(13)4-7(5-15)9-11-10-8(14-9)6-2-1-3-6/h6-7H,1-5H2. The van der Waals surface area contributed by atoms with Crippen LogP contribution >= 0.6 is 0 Å². The number of rotatable bonds is 2. The molecular weight excluding hydrogens is 216 g/mol. The Labute approximate surface area is 87.8 Å². The number of nitrogens with zero attached hydrogens (tertiary/aromatic N) is 2. The molecule has 15 heavy (non-hydrogen) atoms. The molecule has 1 saturated heterocycles. The van der Waals surface area contributed by atoms with Gasteiger partial charge in [-0.25, -0.2) is 8.42 Å². The van der Waals surface area contributed by atoms with Crippen molar-refractivity contribution in [3.05, 3.63) is 11.8 Å². The van der Waals surface area contributed by atoms with Crippen molar-refractivity contribution in [2.75, 3.05) is 11.5 Å². The summed E-state index contributed by atoms with van der Waals surface area (Å²) in [6.45, 7) is 0. The van der Waals surface area contributed by atoms with Gasteiger partial charge in [-0.2, -0.15) is 0 Å². The molecule has 0 N–H and O–H groups in total. The van der Waals surface area contributed by atoms with Crippen LogP contribution in [0.3, 0.4) is 0 Å². The van der Waals surface area contributed by atoms with Crippen molar-refractivity contribution in [1.29, 1.82) is 0 Å². The van der Waals surface area contributed by atoms with Crippen LogP contribution in [0.2, 0.25) is 0 Å². The molecular formula is C9H12N2O3S. The normalized spacial score (nSPS) is 25.9. The summed E-state index contributed by atoms with van der Waals surface area (Å²) in [7, 11) is -2.81. The molecule has 1 aromatic rings. The van der Waals surface area contributed by atoms with E-state index in [4.69, 9.17) is 4.42 Å². The second-order valence-corrected chi connectivity index (χ2v) is 6.53. The van der Waals surface area contributed by atoms with Crippen LogP contribution in [0.25, 0.3) is 0 Å². The summed E-state index contributed by atoms with van der Waals surface area (Å²) in [5.41, 5.74) is 0. The summed E-state index contributed by atoms with van der Waals surface area (Å²) in [6.07, 6.45) is 3.45. The Kier molecular flexibility index (Phi) is 1.89. The third-order valence-electron chi connectivity index (χ3n) is 3.17. The summed E-state index contributed by atoms with van der Waals surface area (Å²) < 4.78 is 27.5. The second-order valence-electron chi connectivity index (χ2n) is 4.38. The van der Waals surface area contributed by atoms with Crippen LogP contribution in [0.4, 0.5) is 0 Å². The fourth-order valence-electron chi connectivity index (χ4n) is 1.94. The van der Waals surface area contributed by atoms with Crippen LogP contribution in [0.15, 0.2) is 4.42 Å². The molecule has 1 aromatic heterocycles. The monoisotopic (exact) mass is 228 g/mol. The van der Waals surface area contributed by atoms with Gasteiger partial charge in [0.05, 0.1) is 17.4 Å². The molecule has 2 heterocycles. The molecule has 2 aliphatic rings. The SMILES string of the molecule is O=S1(=O)CC(c2nnc(C3CCC3)o2)C1. The zero-order valence-corrected chi connectivity index (χ0v) is 9.03. The first-order valence-corrected chi connectivity index (χ1v) is 7.00. The summed E-state index contributed by atoms with van der Waals surface area (Å²) in [4.78, 5) is 0. The molecule has 0 radical (unpaired) electrons. The average Bonchev–Trinajstić information content (AvgIpc) is 2.45. The topological polar surface area (TPSA) is 73.1 Å². The molecule has 82 valence electrons. The quantitative estimate of drug-likeness (QED) is 0.750. The highest BCUT2D eigenvalue weighted by molar-refractivity contribution is 7.92. The maximum Gasteiger partial charge on any atom is 0.221 e. The van der Waals surface area contributed by atoms with Gasteiger partial charge in [-0.05, 0) is 12.8 Å². The third kappa shape index (κ3) is 1.56. The summed E-state index contributed by atoms with van der Waals surface area (Å²) >= 11 is 0. The predicted octanol–water partition coefficient (Wildman–Crippen LogP) is 0.849. The largest absolute Gasteiger partial charge is 0.425 e. The average molecular weight is 228 g/mol. The summed E-state index contributed by atoms with van der Waals surface area (Å²) in [5, 5.41) is 7.90. The van der Waals surface area contributed by atoms with Gasteiger partial charge in [-0.1, -0.05) is 6.42 Å². The van der Waals surface area contributed by atoms with Crippen LogP contribution in [0.1, 0.15) is 42.9 Å². The highest BCUT2D eigenvalue weighted by Gasteiger charge is 2.39. The van der Waals surface area contributed by atoms with Gasteiger partial charge in [-0.3, -0.25) is 0 Å². The third-order valence-corrected chi connectivity index (χ3v) is 4.99. The van der Waals surface area contributed by atoms with Crippen LogP contribution in [0, 0.1) is 0 Å². The van der Waals surface area contributed by atoms with Gasteiger partial charge in [0.2, 0.25) is 11.8 Å². The minimum absolute atomic E-state index is 0.0590. The van der Waals surface area contributed by atoms with Gasteiger partial charge >= 0.3 is 0 Å². The van der Waals surface area contributed by atoms with Gasteiger partial charge in [0.25, 0.3) is 0 Å². The van der Waals surface area contributed by atoms with E-state index in [-0.39, 0.29) is 17.4 Å². The Bertz CT molecular complexity index is 463. The van der Waals surface area contributed by atoms with Gasteiger partial charge in [0, 0.05) is 5.92 Å². The molecule has 1 saturated carbocycles. The molecule has 5 nitrogen and oxygen atoms in total. The minimum atomic E-state index is -2.81. The van der Waals surface area contributed by atoms with Gasteiger partial charge in [-0.15, -0.1) is 10.2 Å². The number of sulfone groups is 1. The second kappa shape index (κ2) is 3.04. The zero-order chi connectivity index (χ0) is 10.5. The van der Waals surface area contributed by atoms with E-state index in [9.17, 15) is 8.42 Å². The van der Waals surface area contributed by atoms with Crippen molar-refractivity contribution in [2.24, 2.45) is 0 Å². The molecule has 0 atom stereocenters. The van der Waals surface area contributed by atoms with Crippen molar-refractivity contribution >= 4 is 9.84 Å². The fraction of sp³-hybridized carbons (Fsp3) is 0.778. The van der Waals surface area contributed by atoms with E-state index >= 15 is 0 Å². The molecule has 1 aliphatic carbocycles. The van der Waals surface area contributed by atoms with E-state index in [0.29, 0.717) is 17.7 Å². The van der Waals surface area contributed by atoms with E-state index in [1.807, 2.05) is 0 Å². The van der Waals surface area contributed by atoms with Crippen LogP contribution < -0.4 is 0 Å². The summed E-state index contributed by atoms with van der Waals surface area (Å²) in [5.74, 6) is 1.89. The lowest BCUT2D eigenvalue weighted by molar-refractivity contribution is 0.319. The maximum absolute atomic E-state index is 11.0. The first-order chi connectivity index (χ1) is 7.14. The first-order valence-electron chi connectivity index (χ1n) is 5.18. The first kappa shape index (κ1) is 9.33. The van der Waals surface area contributed by atoms with Gasteiger partial charge in [0.15, 0.2) is 9.84 Å². The number of aromatic nitrogens is 2. The van der Waals surface area contributed by atoms with Crippen molar-refractivity contribution in [1.82, 2.24) is 10.2 Å². The van der Waals surface area contributed by atoms with Crippen LogP contribution in [-0.4, -0.2) is 30.1 Å². The van der Waals surface area contributed by atoms with Crippen molar-refractivity contribution in [3.63, 3.8) is 0 Å². The Hall–Kier alpha value is -0.910. The Balaban J connectivity index is 1.74.